The van der Waals surface area contributed by atoms with Gasteiger partial charge in [-0.1, -0.05) is 45.1 Å². The van der Waals surface area contributed by atoms with Crippen molar-refractivity contribution < 1.29 is 9.84 Å². The van der Waals surface area contributed by atoms with Crippen LogP contribution in [-0.2, 0) is 16.6 Å². The van der Waals surface area contributed by atoms with E-state index in [9.17, 15) is 5.11 Å². The van der Waals surface area contributed by atoms with E-state index < -0.39 is 0 Å². The number of aromatic hydroxyl groups is 1. The van der Waals surface area contributed by atoms with E-state index >= 15 is 0 Å². The average molecular weight is 344 g/mol. The summed E-state index contributed by atoms with van der Waals surface area (Å²) in [6.07, 6.45) is 6.34. The number of hydrogen-bond donors (Lipinski definition) is 1. The number of rotatable bonds is 5. The molecule has 138 valence electrons. The van der Waals surface area contributed by atoms with E-state index in [4.69, 9.17) is 4.74 Å². The quantitative estimate of drug-likeness (QED) is 0.810. The lowest BCUT2D eigenvalue weighted by atomic mass is 9.51. The third-order valence-electron chi connectivity index (χ3n) is 6.94. The second-order valence-corrected chi connectivity index (χ2v) is 8.53. The van der Waals surface area contributed by atoms with Gasteiger partial charge in [0.25, 0.3) is 0 Å². The number of benzene rings is 1. The summed E-state index contributed by atoms with van der Waals surface area (Å²) in [5.74, 6) is 0.462. The summed E-state index contributed by atoms with van der Waals surface area (Å²) in [5.41, 5.74) is 2.78. The van der Waals surface area contributed by atoms with Gasteiger partial charge in [-0.25, -0.2) is 0 Å². The maximum absolute atomic E-state index is 10.5. The van der Waals surface area contributed by atoms with E-state index in [1.165, 1.54) is 5.56 Å². The van der Waals surface area contributed by atoms with Gasteiger partial charge < -0.3 is 9.84 Å². The van der Waals surface area contributed by atoms with Gasteiger partial charge in [0, 0.05) is 18.0 Å². The normalized spacial score (nSPS) is 29.6. The standard InChI is InChI=1S/C22H33NO2/c1-6-7-13-25-16(2)15-23-12-11-22(5)18-9-8-10-19(24)17(18)14-20(23)21(22,3)4/h6-10,16,20,24H,11-15H2,1-5H3/t16-,20+,22?/m0/s1. The average Bonchev–Trinajstić information content (AvgIpc) is 2.54. The van der Waals surface area contributed by atoms with Crippen LogP contribution in [0.5, 0.6) is 5.75 Å². The first kappa shape index (κ1) is 18.5. The lowest BCUT2D eigenvalue weighted by Crippen LogP contribution is -2.64. The lowest BCUT2D eigenvalue weighted by molar-refractivity contribution is -0.0602. The predicted octanol–water partition coefficient (Wildman–Crippen LogP) is 4.29. The van der Waals surface area contributed by atoms with Gasteiger partial charge in [0.1, 0.15) is 5.75 Å². The summed E-state index contributed by atoms with van der Waals surface area (Å²) >= 11 is 0. The van der Waals surface area contributed by atoms with Crippen LogP contribution >= 0.6 is 0 Å². The van der Waals surface area contributed by atoms with Crippen LogP contribution < -0.4 is 0 Å². The molecular weight excluding hydrogens is 310 g/mol. The zero-order valence-electron chi connectivity index (χ0n) is 16.4. The number of phenols is 1. The Kier molecular flexibility index (Phi) is 5.00. The largest absolute Gasteiger partial charge is 0.508 e. The molecule has 0 radical (unpaired) electrons. The SMILES string of the molecule is CC=CCO[C@@H](C)CN1CCC2(C)c3cccc(O)c3C[C@@H]1C2(C)C. The number of nitrogens with zero attached hydrogens (tertiary/aromatic N) is 1. The maximum atomic E-state index is 10.5. The molecule has 1 unspecified atom stereocenters. The van der Waals surface area contributed by atoms with Crippen LogP contribution in [-0.4, -0.2) is 41.8 Å². The number of phenolic OH excluding ortho intramolecular Hbond substituents is 1. The first-order valence-electron chi connectivity index (χ1n) is 9.59. The van der Waals surface area contributed by atoms with Gasteiger partial charge in [-0.15, -0.1) is 0 Å². The molecule has 1 aromatic carbocycles. The monoisotopic (exact) mass is 343 g/mol. The highest BCUT2D eigenvalue weighted by molar-refractivity contribution is 5.48. The zero-order chi connectivity index (χ0) is 18.2. The van der Waals surface area contributed by atoms with Gasteiger partial charge in [0.2, 0.25) is 0 Å². The Morgan fingerprint density at radius 1 is 1.36 bits per heavy atom. The molecule has 0 amide bonds. The molecule has 3 rings (SSSR count). The first-order chi connectivity index (χ1) is 11.8. The second-order valence-electron chi connectivity index (χ2n) is 8.53. The molecule has 1 fully saturated rings. The summed E-state index contributed by atoms with van der Waals surface area (Å²) in [7, 11) is 0. The number of hydrogen-bond acceptors (Lipinski definition) is 3. The van der Waals surface area contributed by atoms with Crippen LogP contribution in [0.3, 0.4) is 0 Å². The number of piperidine rings is 1. The number of allylic oxidation sites excluding steroid dienone is 1. The molecule has 1 aliphatic heterocycles. The van der Waals surface area contributed by atoms with Crippen molar-refractivity contribution in [2.75, 3.05) is 19.7 Å². The molecule has 2 bridgehead atoms. The Morgan fingerprint density at radius 3 is 2.84 bits per heavy atom. The van der Waals surface area contributed by atoms with Crippen molar-refractivity contribution in [1.82, 2.24) is 4.90 Å². The highest BCUT2D eigenvalue weighted by Gasteiger charge is 2.56. The zero-order valence-corrected chi connectivity index (χ0v) is 16.4. The van der Waals surface area contributed by atoms with Crippen molar-refractivity contribution in [2.45, 2.75) is 65.0 Å². The van der Waals surface area contributed by atoms with Crippen molar-refractivity contribution >= 4 is 0 Å². The lowest BCUT2D eigenvalue weighted by Gasteiger charge is -2.61. The van der Waals surface area contributed by atoms with Crippen LogP contribution in [0.15, 0.2) is 30.4 Å². The van der Waals surface area contributed by atoms with Gasteiger partial charge in [0.05, 0.1) is 12.7 Å². The van der Waals surface area contributed by atoms with E-state index in [1.54, 1.807) is 0 Å². The van der Waals surface area contributed by atoms with Gasteiger partial charge in [-0.3, -0.25) is 4.90 Å². The Hall–Kier alpha value is -1.32. The Bertz CT molecular complexity index is 651. The Morgan fingerprint density at radius 2 is 2.12 bits per heavy atom. The topological polar surface area (TPSA) is 32.7 Å². The number of ether oxygens (including phenoxy) is 1. The summed E-state index contributed by atoms with van der Waals surface area (Å²) in [6, 6.07) is 6.49. The Labute approximate surface area is 152 Å². The predicted molar refractivity (Wildman–Crippen MR) is 103 cm³/mol. The molecule has 0 aromatic heterocycles. The molecule has 1 saturated heterocycles. The number of fused-ring (bicyclic) bond motifs is 4. The molecule has 0 saturated carbocycles. The molecule has 1 N–H and O–H groups in total. The fourth-order valence-electron chi connectivity index (χ4n) is 4.95. The van der Waals surface area contributed by atoms with Crippen LogP contribution in [0, 0.1) is 5.41 Å². The highest BCUT2D eigenvalue weighted by Crippen LogP contribution is 2.57. The van der Waals surface area contributed by atoms with Crippen molar-refractivity contribution in [1.29, 1.82) is 0 Å². The van der Waals surface area contributed by atoms with Gasteiger partial charge >= 0.3 is 0 Å². The molecular formula is C22H33NO2. The fourth-order valence-corrected chi connectivity index (χ4v) is 4.95. The van der Waals surface area contributed by atoms with Crippen molar-refractivity contribution in [3.8, 4) is 5.75 Å². The van der Waals surface area contributed by atoms with Crippen LogP contribution in [0.4, 0.5) is 0 Å². The van der Waals surface area contributed by atoms with E-state index in [0.29, 0.717) is 18.4 Å². The fraction of sp³-hybridized carbons (Fsp3) is 0.636. The van der Waals surface area contributed by atoms with Crippen LogP contribution in [0.1, 0.15) is 52.2 Å². The third kappa shape index (κ3) is 3.02. The second kappa shape index (κ2) is 6.77. The Balaban J connectivity index is 1.86. The summed E-state index contributed by atoms with van der Waals surface area (Å²) < 4.78 is 5.93. The minimum atomic E-state index is 0.107. The van der Waals surface area contributed by atoms with Crippen LogP contribution in [0.25, 0.3) is 0 Å². The summed E-state index contributed by atoms with van der Waals surface area (Å²) in [6.45, 7) is 14.1. The molecule has 25 heavy (non-hydrogen) atoms. The molecule has 1 aromatic rings. The maximum Gasteiger partial charge on any atom is 0.119 e. The van der Waals surface area contributed by atoms with Crippen LogP contribution in [0.2, 0.25) is 0 Å². The molecule has 3 nitrogen and oxygen atoms in total. The molecule has 3 atom stereocenters. The van der Waals surface area contributed by atoms with E-state index in [1.807, 2.05) is 25.1 Å². The van der Waals surface area contributed by atoms with Crippen molar-refractivity contribution in [3.05, 3.63) is 41.5 Å². The smallest absolute Gasteiger partial charge is 0.119 e. The summed E-state index contributed by atoms with van der Waals surface area (Å²) in [5, 5.41) is 10.5. The van der Waals surface area contributed by atoms with E-state index in [-0.39, 0.29) is 16.9 Å². The third-order valence-corrected chi connectivity index (χ3v) is 6.94. The van der Waals surface area contributed by atoms with Gasteiger partial charge in [-0.05, 0) is 55.8 Å². The van der Waals surface area contributed by atoms with E-state index in [2.05, 4.69) is 44.7 Å². The van der Waals surface area contributed by atoms with Crippen molar-refractivity contribution in [2.24, 2.45) is 5.41 Å². The molecule has 1 aliphatic carbocycles. The summed E-state index contributed by atoms with van der Waals surface area (Å²) in [4.78, 5) is 2.59. The minimum Gasteiger partial charge on any atom is -0.508 e. The molecule has 3 heteroatoms. The highest BCUT2D eigenvalue weighted by atomic mass is 16.5. The first-order valence-corrected chi connectivity index (χ1v) is 9.59. The molecule has 2 aliphatic rings. The minimum absolute atomic E-state index is 0.107. The van der Waals surface area contributed by atoms with Crippen molar-refractivity contribution in [3.63, 3.8) is 0 Å². The molecule has 0 spiro atoms. The van der Waals surface area contributed by atoms with Gasteiger partial charge in [0.15, 0.2) is 0 Å². The number of likely N-dealkylation sites (tertiary alicyclic amines) is 1. The molecule has 1 heterocycles. The van der Waals surface area contributed by atoms with Gasteiger partial charge in [-0.2, -0.15) is 0 Å². The van der Waals surface area contributed by atoms with E-state index in [0.717, 1.165) is 31.5 Å².